The summed E-state index contributed by atoms with van der Waals surface area (Å²) >= 11 is 0. The number of nitrogens with zero attached hydrogens (tertiary/aromatic N) is 3. The number of aromatic nitrogens is 4. The molecular formula is C9H12N6O. The van der Waals surface area contributed by atoms with Crippen molar-refractivity contribution in [1.29, 1.82) is 0 Å². The average molecular weight is 220 g/mol. The van der Waals surface area contributed by atoms with Gasteiger partial charge in [0.25, 0.3) is 0 Å². The molecule has 1 aliphatic rings. The lowest BCUT2D eigenvalue weighted by Crippen LogP contribution is -2.17. The largest absolute Gasteiger partial charge is 0.366 e. The van der Waals surface area contributed by atoms with Gasteiger partial charge < -0.3 is 11.1 Å². The average Bonchev–Trinajstić information content (AvgIpc) is 2.75. The normalized spacial score (nSPS) is 23.6. The van der Waals surface area contributed by atoms with E-state index in [1.807, 2.05) is 0 Å². The van der Waals surface area contributed by atoms with E-state index in [1.54, 1.807) is 13.0 Å². The number of nitrogens with two attached hydrogens (primary N) is 1. The lowest BCUT2D eigenvalue weighted by molar-refractivity contribution is 0.924. The molecule has 84 valence electrons. The van der Waals surface area contributed by atoms with Gasteiger partial charge in [0, 0.05) is 18.2 Å². The molecule has 0 aromatic carbocycles. The first-order valence-electron chi connectivity index (χ1n) is 5.12. The predicted molar refractivity (Wildman–Crippen MR) is 58.3 cm³/mol. The molecule has 7 nitrogen and oxygen atoms in total. The van der Waals surface area contributed by atoms with Crippen LogP contribution < -0.4 is 16.7 Å². The number of rotatable bonds is 2. The number of hydrogen-bond acceptors (Lipinski definition) is 5. The zero-order valence-electron chi connectivity index (χ0n) is 8.77. The Morgan fingerprint density at radius 1 is 1.69 bits per heavy atom. The zero-order valence-corrected chi connectivity index (χ0v) is 8.77. The van der Waals surface area contributed by atoms with Gasteiger partial charge >= 0.3 is 5.69 Å². The highest BCUT2D eigenvalue weighted by Gasteiger charge is 2.33. The van der Waals surface area contributed by atoms with Gasteiger partial charge in [0.1, 0.15) is 11.6 Å². The molecule has 0 aliphatic heterocycles. The molecule has 2 heterocycles. The van der Waals surface area contributed by atoms with Gasteiger partial charge in [-0.2, -0.15) is 5.10 Å². The predicted octanol–water partition coefficient (Wildman–Crippen LogP) is -0.762. The third-order valence-corrected chi connectivity index (χ3v) is 2.74. The maximum absolute atomic E-state index is 11.4. The monoisotopic (exact) mass is 220 g/mol. The van der Waals surface area contributed by atoms with E-state index < -0.39 is 0 Å². The quantitative estimate of drug-likeness (QED) is 0.617. The van der Waals surface area contributed by atoms with Gasteiger partial charge in [-0.25, -0.2) is 19.3 Å². The first-order valence-corrected chi connectivity index (χ1v) is 5.12. The van der Waals surface area contributed by atoms with E-state index in [-0.39, 0.29) is 11.7 Å². The first-order chi connectivity index (χ1) is 7.65. The fourth-order valence-electron chi connectivity index (χ4n) is 1.74. The fraction of sp³-hybridized carbons (Fsp3) is 0.444. The van der Waals surface area contributed by atoms with Gasteiger partial charge in [0.2, 0.25) is 0 Å². The molecule has 0 saturated heterocycles. The van der Waals surface area contributed by atoms with Crippen LogP contribution in [0.15, 0.2) is 10.9 Å². The van der Waals surface area contributed by atoms with Crippen molar-refractivity contribution in [2.24, 2.45) is 5.73 Å². The van der Waals surface area contributed by atoms with E-state index in [1.165, 1.54) is 4.40 Å². The highest BCUT2D eigenvalue weighted by Crippen LogP contribution is 2.23. The van der Waals surface area contributed by atoms with E-state index >= 15 is 0 Å². The minimum absolute atomic E-state index is 0.208. The summed E-state index contributed by atoms with van der Waals surface area (Å²) in [4.78, 5) is 15.6. The Morgan fingerprint density at radius 3 is 3.12 bits per heavy atom. The third-order valence-electron chi connectivity index (χ3n) is 2.74. The van der Waals surface area contributed by atoms with Crippen LogP contribution in [-0.4, -0.2) is 31.7 Å². The summed E-state index contributed by atoms with van der Waals surface area (Å²) in [6, 6.07) is 2.23. The molecule has 0 bridgehead atoms. The van der Waals surface area contributed by atoms with E-state index in [2.05, 4.69) is 20.5 Å². The number of aromatic amines is 1. The molecule has 2 unspecified atom stereocenters. The van der Waals surface area contributed by atoms with Crippen LogP contribution in [0.25, 0.3) is 5.65 Å². The highest BCUT2D eigenvalue weighted by atomic mass is 16.1. The molecule has 7 heteroatoms. The SMILES string of the molecule is Cc1nc(NC2CC2N)cc2n[nH]c(=O)n12. The molecule has 1 aliphatic carbocycles. The molecule has 0 radical (unpaired) electrons. The van der Waals surface area contributed by atoms with Crippen LogP contribution in [-0.2, 0) is 0 Å². The summed E-state index contributed by atoms with van der Waals surface area (Å²) in [6.07, 6.45) is 0.958. The van der Waals surface area contributed by atoms with Crippen molar-refractivity contribution in [3.05, 3.63) is 22.4 Å². The van der Waals surface area contributed by atoms with Crippen LogP contribution in [0.5, 0.6) is 0 Å². The summed E-state index contributed by atoms with van der Waals surface area (Å²) in [5.41, 5.74) is 6.00. The van der Waals surface area contributed by atoms with E-state index in [0.29, 0.717) is 23.3 Å². The minimum Gasteiger partial charge on any atom is -0.366 e. The molecule has 0 amide bonds. The summed E-state index contributed by atoms with van der Waals surface area (Å²) in [7, 11) is 0. The van der Waals surface area contributed by atoms with E-state index in [9.17, 15) is 4.79 Å². The molecule has 3 rings (SSSR count). The smallest absolute Gasteiger partial charge is 0.349 e. The Hall–Kier alpha value is -1.89. The van der Waals surface area contributed by atoms with E-state index in [4.69, 9.17) is 5.73 Å². The minimum atomic E-state index is -0.269. The maximum atomic E-state index is 11.4. The lowest BCUT2D eigenvalue weighted by atomic mass is 10.5. The molecule has 16 heavy (non-hydrogen) atoms. The number of anilines is 1. The molecule has 4 N–H and O–H groups in total. The van der Waals surface area contributed by atoms with Gasteiger partial charge in [0.15, 0.2) is 5.65 Å². The Labute approximate surface area is 90.7 Å². The highest BCUT2D eigenvalue weighted by molar-refractivity contribution is 5.51. The fourth-order valence-corrected chi connectivity index (χ4v) is 1.74. The van der Waals surface area contributed by atoms with Crippen molar-refractivity contribution in [3.63, 3.8) is 0 Å². The molecule has 1 saturated carbocycles. The third kappa shape index (κ3) is 1.36. The van der Waals surface area contributed by atoms with Crippen molar-refractivity contribution in [1.82, 2.24) is 19.6 Å². The van der Waals surface area contributed by atoms with Gasteiger partial charge in [-0.15, -0.1) is 0 Å². The van der Waals surface area contributed by atoms with Crippen LogP contribution in [0.3, 0.4) is 0 Å². The molecule has 1 fully saturated rings. The molecule has 2 aromatic rings. The van der Waals surface area contributed by atoms with Crippen molar-refractivity contribution >= 4 is 11.5 Å². The molecule has 2 aromatic heterocycles. The topological polar surface area (TPSA) is 101 Å². The zero-order chi connectivity index (χ0) is 11.3. The standard InChI is InChI=1S/C9H12N6O/c1-4-11-7(12-6-2-5(6)10)3-8-13-14-9(16)15(4)8/h3,5-6,12H,2,10H2,1H3,(H,14,16). The second-order valence-electron chi connectivity index (χ2n) is 4.06. The number of hydrogen-bond donors (Lipinski definition) is 3. The van der Waals surface area contributed by atoms with Crippen LogP contribution in [0.2, 0.25) is 0 Å². The van der Waals surface area contributed by atoms with Crippen molar-refractivity contribution in [2.75, 3.05) is 5.32 Å². The Morgan fingerprint density at radius 2 is 2.44 bits per heavy atom. The summed E-state index contributed by atoms with van der Waals surface area (Å²) in [5.74, 6) is 1.31. The summed E-state index contributed by atoms with van der Waals surface area (Å²) < 4.78 is 1.43. The Balaban J connectivity index is 2.04. The number of H-pyrrole nitrogens is 1. The van der Waals surface area contributed by atoms with Crippen LogP contribution in [0.4, 0.5) is 5.82 Å². The molecule has 0 spiro atoms. The van der Waals surface area contributed by atoms with E-state index in [0.717, 1.165) is 6.42 Å². The number of nitrogens with one attached hydrogen (secondary N) is 2. The van der Waals surface area contributed by atoms with Crippen LogP contribution in [0, 0.1) is 6.92 Å². The second kappa shape index (κ2) is 3.05. The van der Waals surface area contributed by atoms with Crippen LogP contribution >= 0.6 is 0 Å². The van der Waals surface area contributed by atoms with Crippen LogP contribution in [0.1, 0.15) is 12.2 Å². The Kier molecular flexibility index (Phi) is 1.78. The second-order valence-corrected chi connectivity index (χ2v) is 4.06. The van der Waals surface area contributed by atoms with Crippen molar-refractivity contribution in [3.8, 4) is 0 Å². The van der Waals surface area contributed by atoms with Crippen molar-refractivity contribution < 1.29 is 0 Å². The van der Waals surface area contributed by atoms with Gasteiger partial charge in [0.05, 0.1) is 0 Å². The number of fused-ring (bicyclic) bond motifs is 1. The maximum Gasteiger partial charge on any atom is 0.349 e. The molecule has 2 atom stereocenters. The molecular weight excluding hydrogens is 208 g/mol. The Bertz CT molecular complexity index is 600. The number of aryl methyl sites for hydroxylation is 1. The summed E-state index contributed by atoms with van der Waals surface area (Å²) in [6.45, 7) is 1.77. The van der Waals surface area contributed by atoms with Gasteiger partial charge in [-0.1, -0.05) is 0 Å². The van der Waals surface area contributed by atoms with Crippen molar-refractivity contribution in [2.45, 2.75) is 25.4 Å². The lowest BCUT2D eigenvalue weighted by Gasteiger charge is -2.05. The van der Waals surface area contributed by atoms with Gasteiger partial charge in [-0.3, -0.25) is 0 Å². The van der Waals surface area contributed by atoms with Gasteiger partial charge in [-0.05, 0) is 13.3 Å². The first kappa shape index (κ1) is 9.34. The summed E-state index contributed by atoms with van der Waals surface area (Å²) in [5, 5.41) is 9.49.